The number of aliphatic hydroxyl groups excluding tert-OH is 1. The van der Waals surface area contributed by atoms with Gasteiger partial charge in [-0.25, -0.2) is 22.2 Å². The molecule has 3 rings (SSSR count). The highest BCUT2D eigenvalue weighted by Gasteiger charge is 2.38. The van der Waals surface area contributed by atoms with Gasteiger partial charge in [-0.3, -0.25) is 14.7 Å². The zero-order chi connectivity index (χ0) is 19.2. The lowest BCUT2D eigenvalue weighted by molar-refractivity contribution is 0.0762. The molecule has 0 radical (unpaired) electrons. The number of aryl methyl sites for hydroxylation is 1. The number of rotatable bonds is 4. The van der Waals surface area contributed by atoms with Gasteiger partial charge in [0.25, 0.3) is 11.5 Å². The number of H-pyrrole nitrogens is 1. The van der Waals surface area contributed by atoms with Gasteiger partial charge >= 0.3 is 0 Å². The Morgan fingerprint density at radius 3 is 2.77 bits per heavy atom. The molecule has 10 nitrogen and oxygen atoms in total. The third-order valence-corrected chi connectivity index (χ3v) is 6.49. The average Bonchev–Trinajstić information content (AvgIpc) is 3.10. The predicted octanol–water partition coefficient (Wildman–Crippen LogP) is -1.34. The van der Waals surface area contributed by atoms with Crippen LogP contribution in [0.25, 0.3) is 5.65 Å². The lowest BCUT2D eigenvalue weighted by Gasteiger charge is -2.17. The number of aromatic nitrogens is 3. The molecule has 0 aliphatic carbocycles. The largest absolute Gasteiger partial charge is 0.391 e. The van der Waals surface area contributed by atoms with Crippen molar-refractivity contribution in [2.75, 3.05) is 32.9 Å². The van der Waals surface area contributed by atoms with E-state index < -0.39 is 33.5 Å². The summed E-state index contributed by atoms with van der Waals surface area (Å²) in [4.78, 5) is 30.6. The van der Waals surface area contributed by atoms with Gasteiger partial charge in [-0.15, -0.1) is 0 Å². The molecule has 1 amide bonds. The molecule has 1 saturated heterocycles. The van der Waals surface area contributed by atoms with E-state index in [1.54, 1.807) is 13.0 Å². The number of nitrogens with zero attached hydrogens (tertiary/aromatic N) is 4. The summed E-state index contributed by atoms with van der Waals surface area (Å²) in [5, 5.41) is 13.0. The van der Waals surface area contributed by atoms with E-state index in [1.807, 2.05) is 0 Å². The topological polar surface area (TPSA) is 128 Å². The van der Waals surface area contributed by atoms with E-state index >= 15 is 0 Å². The molecular weight excluding hydrogens is 362 g/mol. The fourth-order valence-corrected chi connectivity index (χ4v) is 4.17. The summed E-state index contributed by atoms with van der Waals surface area (Å²) in [7, 11) is -0.677. The number of nitrogens with one attached hydrogen (secondary N) is 1. The first-order valence-electron chi connectivity index (χ1n) is 8.05. The molecule has 1 aliphatic rings. The SMILES string of the molecule is Cc1cc2ncc(C(=O)N3C[C@@H](CS(=O)(=O)N(C)C)[C@@H](O)C3)c(=O)n2[nH]1. The number of carbonyl (C=O) groups is 1. The Balaban J connectivity index is 1.83. The molecule has 1 fully saturated rings. The van der Waals surface area contributed by atoms with E-state index in [4.69, 9.17) is 0 Å². The standard InChI is InChI=1S/C15H21N5O5S/c1-9-4-13-16-5-11(15(23)20(13)17-9)14(22)19-6-10(12(21)7-19)8-26(24,25)18(2)3/h4-5,10,12,17,21H,6-8H2,1-3H3/t10-,12-/m0/s1. The van der Waals surface area contributed by atoms with Gasteiger partial charge < -0.3 is 10.0 Å². The first-order valence-corrected chi connectivity index (χ1v) is 9.66. The molecule has 0 unspecified atom stereocenters. The van der Waals surface area contributed by atoms with Gasteiger partial charge in [-0.05, 0) is 6.92 Å². The van der Waals surface area contributed by atoms with Crippen LogP contribution in [0.15, 0.2) is 17.1 Å². The average molecular weight is 383 g/mol. The first-order chi connectivity index (χ1) is 12.1. The Hall–Kier alpha value is -2.24. The minimum absolute atomic E-state index is 0.0294. The number of aromatic amines is 1. The maximum Gasteiger partial charge on any atom is 0.285 e. The van der Waals surface area contributed by atoms with Crippen LogP contribution in [0.5, 0.6) is 0 Å². The number of carbonyl (C=O) groups excluding carboxylic acids is 1. The quantitative estimate of drug-likeness (QED) is 0.672. The third kappa shape index (κ3) is 3.24. The molecule has 2 N–H and O–H groups in total. The van der Waals surface area contributed by atoms with Crippen LogP contribution in [-0.4, -0.2) is 82.3 Å². The minimum Gasteiger partial charge on any atom is -0.391 e. The molecule has 2 atom stereocenters. The second kappa shape index (κ2) is 6.49. The van der Waals surface area contributed by atoms with E-state index in [0.29, 0.717) is 5.65 Å². The monoisotopic (exact) mass is 383 g/mol. The van der Waals surface area contributed by atoms with Gasteiger partial charge in [0, 0.05) is 51.1 Å². The summed E-state index contributed by atoms with van der Waals surface area (Å²) >= 11 is 0. The van der Waals surface area contributed by atoms with Crippen LogP contribution in [0.4, 0.5) is 0 Å². The summed E-state index contributed by atoms with van der Waals surface area (Å²) in [6.45, 7) is 1.79. The Morgan fingerprint density at radius 2 is 2.12 bits per heavy atom. The zero-order valence-electron chi connectivity index (χ0n) is 14.7. The fourth-order valence-electron chi connectivity index (χ4n) is 3.00. The molecule has 142 valence electrons. The minimum atomic E-state index is -3.51. The van der Waals surface area contributed by atoms with E-state index in [0.717, 1.165) is 10.00 Å². The van der Waals surface area contributed by atoms with E-state index in [-0.39, 0.29) is 24.4 Å². The third-order valence-electron chi connectivity index (χ3n) is 4.53. The van der Waals surface area contributed by atoms with Crippen molar-refractivity contribution in [2.45, 2.75) is 13.0 Å². The summed E-state index contributed by atoms with van der Waals surface area (Å²) < 4.78 is 26.3. The van der Waals surface area contributed by atoms with E-state index in [9.17, 15) is 23.1 Å². The van der Waals surface area contributed by atoms with Gasteiger partial charge in [-0.1, -0.05) is 0 Å². The van der Waals surface area contributed by atoms with E-state index in [2.05, 4.69) is 10.1 Å². The van der Waals surface area contributed by atoms with Crippen LogP contribution >= 0.6 is 0 Å². The second-order valence-corrected chi connectivity index (χ2v) is 8.94. The molecule has 2 aromatic heterocycles. The molecule has 3 heterocycles. The summed E-state index contributed by atoms with van der Waals surface area (Å²) in [5.74, 6) is -1.46. The van der Waals surface area contributed by atoms with Crippen molar-refractivity contribution in [1.29, 1.82) is 0 Å². The van der Waals surface area contributed by atoms with Crippen LogP contribution in [0.1, 0.15) is 16.1 Å². The lowest BCUT2D eigenvalue weighted by Crippen LogP contribution is -2.35. The maximum atomic E-state index is 12.7. The normalized spacial score (nSPS) is 21.0. The Kier molecular flexibility index (Phi) is 4.63. The molecule has 1 aliphatic heterocycles. The molecule has 26 heavy (non-hydrogen) atoms. The van der Waals surface area contributed by atoms with Gasteiger partial charge in [0.2, 0.25) is 10.0 Å². The predicted molar refractivity (Wildman–Crippen MR) is 93.4 cm³/mol. The van der Waals surface area contributed by atoms with Crippen molar-refractivity contribution in [3.8, 4) is 0 Å². The molecular formula is C15H21N5O5S. The number of hydrogen-bond donors (Lipinski definition) is 2. The van der Waals surface area contributed by atoms with Crippen molar-refractivity contribution < 1.29 is 18.3 Å². The first kappa shape index (κ1) is 18.5. The fraction of sp³-hybridized carbons (Fsp3) is 0.533. The Labute approximate surface area is 150 Å². The van der Waals surface area contributed by atoms with Crippen molar-refractivity contribution in [2.24, 2.45) is 5.92 Å². The van der Waals surface area contributed by atoms with Gasteiger partial charge in [-0.2, -0.15) is 0 Å². The smallest absolute Gasteiger partial charge is 0.285 e. The maximum absolute atomic E-state index is 12.7. The van der Waals surface area contributed by atoms with Crippen molar-refractivity contribution in [1.82, 2.24) is 23.8 Å². The van der Waals surface area contributed by atoms with Crippen LogP contribution < -0.4 is 5.56 Å². The summed E-state index contributed by atoms with van der Waals surface area (Å²) in [5.41, 5.74) is 0.463. The summed E-state index contributed by atoms with van der Waals surface area (Å²) in [6.07, 6.45) is 0.240. The number of likely N-dealkylation sites (tertiary alicyclic amines) is 1. The van der Waals surface area contributed by atoms with Gasteiger partial charge in [0.15, 0.2) is 5.65 Å². The Morgan fingerprint density at radius 1 is 1.42 bits per heavy atom. The van der Waals surface area contributed by atoms with Crippen molar-refractivity contribution in [3.05, 3.63) is 33.9 Å². The van der Waals surface area contributed by atoms with Gasteiger partial charge in [0.05, 0.1) is 11.9 Å². The van der Waals surface area contributed by atoms with Crippen LogP contribution in [0, 0.1) is 12.8 Å². The number of amides is 1. The molecule has 0 saturated carbocycles. The van der Waals surface area contributed by atoms with Crippen LogP contribution in [0.3, 0.4) is 0 Å². The van der Waals surface area contributed by atoms with Crippen molar-refractivity contribution in [3.63, 3.8) is 0 Å². The van der Waals surface area contributed by atoms with Crippen molar-refractivity contribution >= 4 is 21.6 Å². The second-order valence-electron chi connectivity index (χ2n) is 6.71. The van der Waals surface area contributed by atoms with Crippen LogP contribution in [-0.2, 0) is 10.0 Å². The number of β-amino-alcohol motifs (C(OH)–C–C–N with tert-alkyl or cyclic N) is 1. The molecule has 0 spiro atoms. The molecule has 0 aromatic carbocycles. The highest BCUT2D eigenvalue weighted by atomic mass is 32.2. The highest BCUT2D eigenvalue weighted by Crippen LogP contribution is 2.21. The number of sulfonamides is 1. The molecule has 0 bridgehead atoms. The highest BCUT2D eigenvalue weighted by molar-refractivity contribution is 7.89. The zero-order valence-corrected chi connectivity index (χ0v) is 15.5. The summed E-state index contributed by atoms with van der Waals surface area (Å²) in [6, 6.07) is 1.68. The number of hydrogen-bond acceptors (Lipinski definition) is 6. The van der Waals surface area contributed by atoms with Crippen LogP contribution in [0.2, 0.25) is 0 Å². The number of fused-ring (bicyclic) bond motifs is 1. The van der Waals surface area contributed by atoms with Gasteiger partial charge in [0.1, 0.15) is 5.56 Å². The molecule has 11 heteroatoms. The Bertz CT molecular complexity index is 1010. The molecule has 2 aromatic rings. The number of aliphatic hydroxyl groups is 1. The van der Waals surface area contributed by atoms with E-state index in [1.165, 1.54) is 29.7 Å². The lowest BCUT2D eigenvalue weighted by atomic mass is 10.1.